The van der Waals surface area contributed by atoms with Crippen molar-refractivity contribution in [2.45, 2.75) is 51.7 Å². The number of hydrogen-bond donors (Lipinski definition) is 2. The van der Waals surface area contributed by atoms with Crippen LogP contribution in [0.15, 0.2) is 24.3 Å². The molecule has 2 saturated heterocycles. The van der Waals surface area contributed by atoms with Gasteiger partial charge in [-0.15, -0.1) is 0 Å². The van der Waals surface area contributed by atoms with Crippen LogP contribution >= 0.6 is 0 Å². The van der Waals surface area contributed by atoms with Gasteiger partial charge in [0.2, 0.25) is 0 Å². The lowest BCUT2D eigenvalue weighted by Gasteiger charge is -2.30. The van der Waals surface area contributed by atoms with Gasteiger partial charge in [0.05, 0.1) is 12.6 Å². The summed E-state index contributed by atoms with van der Waals surface area (Å²) in [6.45, 7) is 7.02. The second-order valence-electron chi connectivity index (χ2n) is 7.61. The van der Waals surface area contributed by atoms with Crippen LogP contribution in [-0.2, 0) is 13.1 Å². The van der Waals surface area contributed by atoms with E-state index < -0.39 is 0 Å². The quantitative estimate of drug-likeness (QED) is 0.862. The molecule has 25 heavy (non-hydrogen) atoms. The number of likely N-dealkylation sites (tertiary alicyclic amines) is 2. The number of hydrogen-bond acceptors (Lipinski definition) is 3. The summed E-state index contributed by atoms with van der Waals surface area (Å²) in [6, 6.07) is 8.43. The number of nitrogens with one attached hydrogen (secondary N) is 1. The second kappa shape index (κ2) is 8.68. The van der Waals surface area contributed by atoms with E-state index in [0.29, 0.717) is 6.54 Å². The Morgan fingerprint density at radius 2 is 1.96 bits per heavy atom. The summed E-state index contributed by atoms with van der Waals surface area (Å²) in [4.78, 5) is 16.6. The van der Waals surface area contributed by atoms with E-state index in [1.807, 2.05) is 0 Å². The van der Waals surface area contributed by atoms with E-state index in [1.165, 1.54) is 31.5 Å². The zero-order valence-electron chi connectivity index (χ0n) is 15.3. The molecule has 2 fully saturated rings. The minimum Gasteiger partial charge on any atom is -0.394 e. The van der Waals surface area contributed by atoms with Crippen LogP contribution in [0.2, 0.25) is 0 Å². The standard InChI is InChI=1S/C20H31N3O2/c1-16-7-10-22(11-8-16)14-18-5-2-4-17(12-18)13-21-20(25)23-9-3-6-19(23)15-24/h2,4-5,12,16,19,24H,3,6-11,13-15H2,1H3,(H,21,25). The van der Waals surface area contributed by atoms with E-state index in [-0.39, 0.29) is 18.7 Å². The Labute approximate surface area is 151 Å². The van der Waals surface area contributed by atoms with Gasteiger partial charge in [-0.2, -0.15) is 0 Å². The summed E-state index contributed by atoms with van der Waals surface area (Å²) in [5.41, 5.74) is 2.45. The van der Waals surface area contributed by atoms with Crippen molar-refractivity contribution in [3.05, 3.63) is 35.4 Å². The molecule has 2 aliphatic rings. The highest BCUT2D eigenvalue weighted by atomic mass is 16.3. The molecule has 1 aromatic rings. The molecule has 0 aromatic heterocycles. The lowest BCUT2D eigenvalue weighted by Crippen LogP contribution is -2.43. The number of benzene rings is 1. The molecule has 0 bridgehead atoms. The highest BCUT2D eigenvalue weighted by molar-refractivity contribution is 5.74. The van der Waals surface area contributed by atoms with Crippen LogP contribution in [0.5, 0.6) is 0 Å². The van der Waals surface area contributed by atoms with Gasteiger partial charge in [-0.05, 0) is 55.8 Å². The van der Waals surface area contributed by atoms with Crippen molar-refractivity contribution in [2.75, 3.05) is 26.2 Å². The van der Waals surface area contributed by atoms with Crippen molar-refractivity contribution in [3.63, 3.8) is 0 Å². The fraction of sp³-hybridized carbons (Fsp3) is 0.650. The Kier molecular flexibility index (Phi) is 6.32. The summed E-state index contributed by atoms with van der Waals surface area (Å²) in [5.74, 6) is 0.853. The Bertz CT molecular complexity index is 570. The van der Waals surface area contributed by atoms with E-state index in [4.69, 9.17) is 0 Å². The predicted octanol–water partition coefficient (Wildman–Crippen LogP) is 2.58. The normalized spacial score (nSPS) is 22.3. The van der Waals surface area contributed by atoms with E-state index in [2.05, 4.69) is 41.4 Å². The monoisotopic (exact) mass is 345 g/mol. The molecule has 1 atom stereocenters. The van der Waals surface area contributed by atoms with Crippen LogP contribution in [0.4, 0.5) is 4.79 Å². The number of carbonyl (C=O) groups is 1. The largest absolute Gasteiger partial charge is 0.394 e. The van der Waals surface area contributed by atoms with E-state index in [0.717, 1.165) is 37.4 Å². The van der Waals surface area contributed by atoms with Crippen molar-refractivity contribution in [1.29, 1.82) is 0 Å². The summed E-state index contributed by atoms with van der Waals surface area (Å²) >= 11 is 0. The Morgan fingerprint density at radius 1 is 1.20 bits per heavy atom. The topological polar surface area (TPSA) is 55.8 Å². The van der Waals surface area contributed by atoms with Crippen molar-refractivity contribution < 1.29 is 9.90 Å². The van der Waals surface area contributed by atoms with Gasteiger partial charge in [-0.1, -0.05) is 31.2 Å². The number of aliphatic hydroxyl groups is 1. The van der Waals surface area contributed by atoms with Gasteiger partial charge >= 0.3 is 6.03 Å². The lowest BCUT2D eigenvalue weighted by molar-refractivity contribution is 0.157. The van der Waals surface area contributed by atoms with Crippen molar-refractivity contribution in [1.82, 2.24) is 15.1 Å². The second-order valence-corrected chi connectivity index (χ2v) is 7.61. The first-order valence-corrected chi connectivity index (χ1v) is 9.61. The molecule has 0 spiro atoms. The summed E-state index contributed by atoms with van der Waals surface area (Å²) in [6.07, 6.45) is 4.45. The fourth-order valence-corrected chi connectivity index (χ4v) is 3.89. The Balaban J connectivity index is 1.50. The number of amides is 2. The van der Waals surface area contributed by atoms with E-state index in [9.17, 15) is 9.90 Å². The number of rotatable bonds is 5. The molecule has 0 saturated carbocycles. The molecule has 5 nitrogen and oxygen atoms in total. The first-order chi connectivity index (χ1) is 12.2. The average Bonchev–Trinajstić information content (AvgIpc) is 3.11. The number of urea groups is 1. The summed E-state index contributed by atoms with van der Waals surface area (Å²) < 4.78 is 0. The summed E-state index contributed by atoms with van der Waals surface area (Å²) in [5, 5.41) is 12.4. The number of nitrogens with zero attached hydrogens (tertiary/aromatic N) is 2. The van der Waals surface area contributed by atoms with Crippen LogP contribution in [0.1, 0.15) is 43.7 Å². The molecule has 2 N–H and O–H groups in total. The minimum absolute atomic E-state index is 0.0205. The van der Waals surface area contributed by atoms with Gasteiger partial charge in [0.25, 0.3) is 0 Å². The average molecular weight is 345 g/mol. The molecule has 2 aliphatic heterocycles. The molecule has 0 radical (unpaired) electrons. The third kappa shape index (κ3) is 4.95. The van der Waals surface area contributed by atoms with Crippen molar-refractivity contribution in [2.24, 2.45) is 5.92 Å². The van der Waals surface area contributed by atoms with E-state index >= 15 is 0 Å². The van der Waals surface area contributed by atoms with Gasteiger partial charge in [0.15, 0.2) is 0 Å². The minimum atomic E-state index is -0.0630. The van der Waals surface area contributed by atoms with Gasteiger partial charge in [-0.25, -0.2) is 4.79 Å². The highest BCUT2D eigenvalue weighted by Crippen LogP contribution is 2.19. The van der Waals surface area contributed by atoms with Crippen LogP contribution < -0.4 is 5.32 Å². The maximum Gasteiger partial charge on any atom is 0.317 e. The third-order valence-corrected chi connectivity index (χ3v) is 5.57. The number of aliphatic hydroxyl groups excluding tert-OH is 1. The van der Waals surface area contributed by atoms with Gasteiger partial charge in [-0.3, -0.25) is 4.90 Å². The summed E-state index contributed by atoms with van der Waals surface area (Å²) in [7, 11) is 0. The first kappa shape index (κ1) is 18.2. The first-order valence-electron chi connectivity index (χ1n) is 9.61. The molecular weight excluding hydrogens is 314 g/mol. The Morgan fingerprint density at radius 3 is 2.72 bits per heavy atom. The highest BCUT2D eigenvalue weighted by Gasteiger charge is 2.27. The van der Waals surface area contributed by atoms with Crippen LogP contribution in [-0.4, -0.2) is 53.2 Å². The van der Waals surface area contributed by atoms with Gasteiger partial charge < -0.3 is 15.3 Å². The predicted molar refractivity (Wildman–Crippen MR) is 99.2 cm³/mol. The molecule has 0 aliphatic carbocycles. The lowest BCUT2D eigenvalue weighted by atomic mass is 9.98. The van der Waals surface area contributed by atoms with Gasteiger partial charge in [0, 0.05) is 19.6 Å². The Hall–Kier alpha value is -1.59. The maximum absolute atomic E-state index is 12.3. The molecule has 2 heterocycles. The van der Waals surface area contributed by atoms with Crippen molar-refractivity contribution in [3.8, 4) is 0 Å². The zero-order valence-corrected chi connectivity index (χ0v) is 15.3. The molecule has 3 rings (SSSR count). The van der Waals surface area contributed by atoms with E-state index in [1.54, 1.807) is 4.90 Å². The van der Waals surface area contributed by atoms with Crippen molar-refractivity contribution >= 4 is 6.03 Å². The van der Waals surface area contributed by atoms with Crippen LogP contribution in [0.25, 0.3) is 0 Å². The molecular formula is C20H31N3O2. The smallest absolute Gasteiger partial charge is 0.317 e. The maximum atomic E-state index is 12.3. The molecule has 1 unspecified atom stereocenters. The fourth-order valence-electron chi connectivity index (χ4n) is 3.89. The molecule has 5 heteroatoms. The molecule has 138 valence electrons. The molecule has 1 aromatic carbocycles. The van der Waals surface area contributed by atoms with Crippen LogP contribution in [0.3, 0.4) is 0 Å². The SMILES string of the molecule is CC1CCN(Cc2cccc(CNC(=O)N3CCCC3CO)c2)CC1. The number of carbonyl (C=O) groups excluding carboxylic acids is 1. The zero-order chi connectivity index (χ0) is 17.6. The molecule has 2 amide bonds. The van der Waals surface area contributed by atoms with Crippen LogP contribution in [0, 0.1) is 5.92 Å². The van der Waals surface area contributed by atoms with Gasteiger partial charge in [0.1, 0.15) is 0 Å². The third-order valence-electron chi connectivity index (χ3n) is 5.57. The number of piperidine rings is 1.